The van der Waals surface area contributed by atoms with E-state index in [2.05, 4.69) is 11.9 Å². The van der Waals surface area contributed by atoms with E-state index in [1.165, 1.54) is 13.0 Å². The van der Waals surface area contributed by atoms with Crippen LogP contribution >= 0.6 is 0 Å². The zero-order valence-corrected chi connectivity index (χ0v) is 7.00. The molecule has 0 spiro atoms. The van der Waals surface area contributed by atoms with E-state index < -0.39 is 0 Å². The minimum absolute atomic E-state index is 0.593. The molecular weight excluding hydrogens is 128 g/mol. The van der Waals surface area contributed by atoms with Gasteiger partial charge < -0.3 is 9.74 Å². The minimum atomic E-state index is 0.593. The van der Waals surface area contributed by atoms with Gasteiger partial charge in [-0.25, -0.2) is 0 Å². The molecule has 3 heteroatoms. The fourth-order valence-corrected chi connectivity index (χ4v) is 1.36. The van der Waals surface area contributed by atoms with Gasteiger partial charge in [-0.1, -0.05) is 0 Å². The van der Waals surface area contributed by atoms with Gasteiger partial charge in [0.1, 0.15) is 0 Å². The average Bonchev–Trinajstić information content (AvgIpc) is 2.34. The highest BCUT2D eigenvalue weighted by molar-refractivity contribution is 4.76. The first-order valence-corrected chi connectivity index (χ1v) is 3.69. The van der Waals surface area contributed by atoms with Crippen LogP contribution < -0.4 is 0 Å². The third-order valence-electron chi connectivity index (χ3n) is 2.17. The molecule has 0 saturated carbocycles. The number of likely N-dealkylation sites (N-methyl/N-ethyl adjacent to an activating group) is 2. The maximum Gasteiger partial charge on any atom is 0.0575 e. The Morgan fingerprint density at radius 3 is 2.70 bits per heavy atom. The Labute approximate surface area is 62.5 Å². The fourth-order valence-electron chi connectivity index (χ4n) is 1.36. The lowest BCUT2D eigenvalue weighted by atomic mass is 10.3. The minimum Gasteiger partial charge on any atom is -0.305 e. The summed E-state index contributed by atoms with van der Waals surface area (Å²) >= 11 is 0. The highest BCUT2D eigenvalue weighted by Crippen LogP contribution is 2.11. The summed E-state index contributed by atoms with van der Waals surface area (Å²) in [5.74, 6) is 0. The van der Waals surface area contributed by atoms with Crippen LogP contribution in [0.5, 0.6) is 0 Å². The summed E-state index contributed by atoms with van der Waals surface area (Å²) in [6, 6.07) is 0.593. The Hall–Kier alpha value is -0.120. The number of nitrogens with zero attached hydrogens (tertiary/aromatic N) is 2. The molecule has 0 aromatic carbocycles. The van der Waals surface area contributed by atoms with Crippen molar-refractivity contribution in [1.29, 1.82) is 0 Å². The molecule has 3 nitrogen and oxygen atoms in total. The molecular formula is C7H16N2O. The van der Waals surface area contributed by atoms with Gasteiger partial charge in [0.15, 0.2) is 0 Å². The Morgan fingerprint density at radius 2 is 2.30 bits per heavy atom. The van der Waals surface area contributed by atoms with Crippen LogP contribution in [0.25, 0.3) is 0 Å². The zero-order chi connectivity index (χ0) is 7.56. The SMILES string of the molecule is CON(C)C1CCN(C)C1. The second kappa shape index (κ2) is 3.32. The van der Waals surface area contributed by atoms with E-state index in [-0.39, 0.29) is 0 Å². The first-order chi connectivity index (χ1) is 4.74. The number of likely N-dealkylation sites (tertiary alicyclic amines) is 1. The quantitative estimate of drug-likeness (QED) is 0.514. The molecule has 1 aliphatic heterocycles. The van der Waals surface area contributed by atoms with Crippen LogP contribution in [0.15, 0.2) is 0 Å². The van der Waals surface area contributed by atoms with Crippen molar-refractivity contribution in [2.24, 2.45) is 0 Å². The molecule has 0 aromatic rings. The lowest BCUT2D eigenvalue weighted by molar-refractivity contribution is -0.137. The van der Waals surface area contributed by atoms with E-state index in [1.54, 1.807) is 7.11 Å². The molecule has 0 amide bonds. The van der Waals surface area contributed by atoms with Gasteiger partial charge in [-0.2, -0.15) is 5.06 Å². The summed E-state index contributed by atoms with van der Waals surface area (Å²) in [6.45, 7) is 2.32. The van der Waals surface area contributed by atoms with Crippen molar-refractivity contribution in [3.63, 3.8) is 0 Å². The number of hydrogen-bond acceptors (Lipinski definition) is 3. The zero-order valence-electron chi connectivity index (χ0n) is 7.00. The Morgan fingerprint density at radius 1 is 1.60 bits per heavy atom. The number of hydroxylamine groups is 2. The monoisotopic (exact) mass is 144 g/mol. The van der Waals surface area contributed by atoms with Crippen molar-refractivity contribution in [3.05, 3.63) is 0 Å². The third-order valence-corrected chi connectivity index (χ3v) is 2.17. The molecule has 0 N–H and O–H groups in total. The van der Waals surface area contributed by atoms with Crippen LogP contribution in [-0.4, -0.2) is 50.3 Å². The second-order valence-electron chi connectivity index (χ2n) is 2.93. The molecule has 1 rings (SSSR count). The molecule has 1 fully saturated rings. The van der Waals surface area contributed by atoms with Crippen LogP contribution in [0.3, 0.4) is 0 Å². The van der Waals surface area contributed by atoms with E-state index in [4.69, 9.17) is 4.84 Å². The Kier molecular flexibility index (Phi) is 2.65. The maximum atomic E-state index is 5.09. The van der Waals surface area contributed by atoms with Gasteiger partial charge >= 0.3 is 0 Å². The van der Waals surface area contributed by atoms with Crippen molar-refractivity contribution < 1.29 is 4.84 Å². The molecule has 0 bridgehead atoms. The van der Waals surface area contributed by atoms with Crippen LogP contribution in [0.2, 0.25) is 0 Å². The van der Waals surface area contributed by atoms with Crippen molar-refractivity contribution in [2.75, 3.05) is 34.3 Å². The molecule has 10 heavy (non-hydrogen) atoms. The summed E-state index contributed by atoms with van der Waals surface area (Å²) in [4.78, 5) is 7.41. The third kappa shape index (κ3) is 1.68. The van der Waals surface area contributed by atoms with Crippen molar-refractivity contribution in [3.8, 4) is 0 Å². The summed E-state index contributed by atoms with van der Waals surface area (Å²) in [6.07, 6.45) is 1.22. The molecule has 1 aliphatic rings. The van der Waals surface area contributed by atoms with Gasteiger partial charge in [-0.15, -0.1) is 0 Å². The lowest BCUT2D eigenvalue weighted by Gasteiger charge is -2.20. The molecule has 0 radical (unpaired) electrons. The van der Waals surface area contributed by atoms with Gasteiger partial charge in [0.2, 0.25) is 0 Å². The molecule has 1 atom stereocenters. The average molecular weight is 144 g/mol. The highest BCUT2D eigenvalue weighted by atomic mass is 16.7. The summed E-state index contributed by atoms with van der Waals surface area (Å²) in [5.41, 5.74) is 0. The van der Waals surface area contributed by atoms with Gasteiger partial charge in [-0.05, 0) is 20.0 Å². The van der Waals surface area contributed by atoms with Gasteiger partial charge in [0.05, 0.1) is 7.11 Å². The molecule has 0 aliphatic carbocycles. The highest BCUT2D eigenvalue weighted by Gasteiger charge is 2.22. The second-order valence-corrected chi connectivity index (χ2v) is 2.93. The smallest absolute Gasteiger partial charge is 0.0575 e. The lowest BCUT2D eigenvalue weighted by Crippen LogP contribution is -2.32. The summed E-state index contributed by atoms with van der Waals surface area (Å²) in [7, 11) is 5.85. The standard InChI is InChI=1S/C7H16N2O/c1-8-5-4-7(6-8)9(2)10-3/h7H,4-6H2,1-3H3. The van der Waals surface area contributed by atoms with E-state index in [0.29, 0.717) is 6.04 Å². The first-order valence-electron chi connectivity index (χ1n) is 3.69. The van der Waals surface area contributed by atoms with E-state index in [1.807, 2.05) is 12.1 Å². The molecule has 60 valence electrons. The predicted molar refractivity (Wildman–Crippen MR) is 40.7 cm³/mol. The van der Waals surface area contributed by atoms with Gasteiger partial charge in [0, 0.05) is 19.6 Å². The van der Waals surface area contributed by atoms with E-state index in [9.17, 15) is 0 Å². The normalized spacial score (nSPS) is 28.2. The van der Waals surface area contributed by atoms with Crippen molar-refractivity contribution >= 4 is 0 Å². The number of rotatable bonds is 2. The Bertz CT molecular complexity index is 108. The van der Waals surface area contributed by atoms with Crippen LogP contribution in [0.4, 0.5) is 0 Å². The molecule has 1 saturated heterocycles. The topological polar surface area (TPSA) is 15.7 Å². The number of hydrogen-bond donors (Lipinski definition) is 0. The van der Waals surface area contributed by atoms with Crippen molar-refractivity contribution in [1.82, 2.24) is 9.96 Å². The van der Waals surface area contributed by atoms with Crippen LogP contribution in [-0.2, 0) is 4.84 Å². The largest absolute Gasteiger partial charge is 0.305 e. The maximum absolute atomic E-state index is 5.09. The van der Waals surface area contributed by atoms with E-state index in [0.717, 1.165) is 6.54 Å². The fraction of sp³-hybridized carbons (Fsp3) is 1.00. The van der Waals surface area contributed by atoms with Crippen LogP contribution in [0, 0.1) is 0 Å². The van der Waals surface area contributed by atoms with E-state index >= 15 is 0 Å². The predicted octanol–water partition coefficient (Wildman–Crippen LogP) is 0.184. The Balaban J connectivity index is 2.29. The molecule has 0 aromatic heterocycles. The summed E-state index contributed by atoms with van der Waals surface area (Å²) < 4.78 is 0. The first kappa shape index (κ1) is 7.98. The molecule has 1 unspecified atom stereocenters. The summed E-state index contributed by atoms with van der Waals surface area (Å²) in [5, 5.41) is 1.93. The van der Waals surface area contributed by atoms with Gasteiger partial charge in [0.25, 0.3) is 0 Å². The van der Waals surface area contributed by atoms with Crippen LogP contribution in [0.1, 0.15) is 6.42 Å². The van der Waals surface area contributed by atoms with Crippen molar-refractivity contribution in [2.45, 2.75) is 12.5 Å². The van der Waals surface area contributed by atoms with Gasteiger partial charge in [-0.3, -0.25) is 0 Å². The molecule has 1 heterocycles.